The Morgan fingerprint density at radius 3 is 2.72 bits per heavy atom. The topological polar surface area (TPSA) is 17.0 Å². The number of fused-ring (bicyclic) bond motifs is 1. The second-order valence-electron chi connectivity index (χ2n) is 5.71. The van der Waals surface area contributed by atoms with E-state index >= 15 is 0 Å². The van der Waals surface area contributed by atoms with Crippen molar-refractivity contribution in [3.63, 3.8) is 0 Å². The van der Waals surface area contributed by atoms with Gasteiger partial charge in [-0.3, -0.25) is 0 Å². The summed E-state index contributed by atoms with van der Waals surface area (Å²) < 4.78 is 2.27. The van der Waals surface area contributed by atoms with E-state index < -0.39 is 0 Å². The molecule has 1 heterocycles. The normalized spacial score (nSPS) is 12.2. The Morgan fingerprint density at radius 1 is 1.22 bits per heavy atom. The van der Waals surface area contributed by atoms with Gasteiger partial charge in [-0.05, 0) is 51.9 Å². The molecule has 0 amide bonds. The van der Waals surface area contributed by atoms with Gasteiger partial charge in [0.05, 0.1) is 0 Å². The van der Waals surface area contributed by atoms with Crippen LogP contribution in [0.4, 0.5) is 0 Å². The number of benzene rings is 1. The minimum absolute atomic E-state index is 0.196. The summed E-state index contributed by atoms with van der Waals surface area (Å²) in [6, 6.07) is 8.16. The Labute approximate surface area is 114 Å². The van der Waals surface area contributed by atoms with Gasteiger partial charge in [0.1, 0.15) is 0 Å². The van der Waals surface area contributed by atoms with Gasteiger partial charge in [-0.15, -0.1) is 0 Å². The summed E-state index contributed by atoms with van der Waals surface area (Å²) in [6.07, 6.45) is 3.24. The predicted molar refractivity (Wildman–Crippen MR) is 79.3 cm³/mol. The van der Waals surface area contributed by atoms with E-state index in [1.54, 1.807) is 0 Å². The van der Waals surface area contributed by atoms with Gasteiger partial charge in [0.2, 0.25) is 0 Å². The molecule has 18 heavy (non-hydrogen) atoms. The van der Waals surface area contributed by atoms with Crippen LogP contribution in [-0.4, -0.2) is 16.7 Å². The summed E-state index contributed by atoms with van der Waals surface area (Å²) in [5.74, 6) is 0. The molecule has 0 saturated heterocycles. The maximum Gasteiger partial charge on any atom is 0.0499 e. The first kappa shape index (κ1) is 13.4. The van der Waals surface area contributed by atoms with E-state index in [0.29, 0.717) is 0 Å². The second kappa shape index (κ2) is 5.33. The quantitative estimate of drug-likeness (QED) is 0.824. The first-order chi connectivity index (χ1) is 8.47. The number of nitrogens with one attached hydrogen (secondary N) is 1. The fourth-order valence-corrected chi connectivity index (χ4v) is 2.33. The maximum absolute atomic E-state index is 6.17. The SMILES string of the molecule is CC(C)(C)NCCCn1ccc2c(Cl)cccc21. The number of aromatic nitrogens is 1. The lowest BCUT2D eigenvalue weighted by atomic mass is 10.1. The third-order valence-corrected chi connectivity index (χ3v) is 3.32. The summed E-state index contributed by atoms with van der Waals surface area (Å²) in [5, 5.41) is 5.48. The highest BCUT2D eigenvalue weighted by Crippen LogP contribution is 2.24. The van der Waals surface area contributed by atoms with Crippen molar-refractivity contribution in [2.45, 2.75) is 39.3 Å². The van der Waals surface area contributed by atoms with Gasteiger partial charge in [0, 0.05) is 34.2 Å². The highest BCUT2D eigenvalue weighted by atomic mass is 35.5. The number of hydrogen-bond donors (Lipinski definition) is 1. The average molecular weight is 265 g/mol. The monoisotopic (exact) mass is 264 g/mol. The van der Waals surface area contributed by atoms with Crippen LogP contribution in [0.1, 0.15) is 27.2 Å². The molecule has 0 aliphatic heterocycles. The van der Waals surface area contributed by atoms with Gasteiger partial charge in [0.25, 0.3) is 0 Å². The predicted octanol–water partition coefficient (Wildman–Crippen LogP) is 4.07. The zero-order chi connectivity index (χ0) is 13.2. The van der Waals surface area contributed by atoms with Crippen molar-refractivity contribution >= 4 is 22.5 Å². The van der Waals surface area contributed by atoms with E-state index in [-0.39, 0.29) is 5.54 Å². The number of aryl methyl sites for hydroxylation is 1. The van der Waals surface area contributed by atoms with E-state index in [4.69, 9.17) is 11.6 Å². The highest BCUT2D eigenvalue weighted by molar-refractivity contribution is 6.35. The van der Waals surface area contributed by atoms with Gasteiger partial charge < -0.3 is 9.88 Å². The van der Waals surface area contributed by atoms with Crippen LogP contribution in [0.2, 0.25) is 5.02 Å². The first-order valence-corrected chi connectivity index (χ1v) is 6.83. The van der Waals surface area contributed by atoms with Gasteiger partial charge >= 0.3 is 0 Å². The van der Waals surface area contributed by atoms with Crippen LogP contribution in [0.5, 0.6) is 0 Å². The van der Waals surface area contributed by atoms with Crippen LogP contribution in [0, 0.1) is 0 Å². The van der Waals surface area contributed by atoms with Crippen LogP contribution in [-0.2, 0) is 6.54 Å². The lowest BCUT2D eigenvalue weighted by Gasteiger charge is -2.20. The van der Waals surface area contributed by atoms with Crippen molar-refractivity contribution in [1.29, 1.82) is 0 Å². The van der Waals surface area contributed by atoms with Crippen molar-refractivity contribution < 1.29 is 0 Å². The Hall–Kier alpha value is -0.990. The zero-order valence-corrected chi connectivity index (χ0v) is 12.1. The summed E-state index contributed by atoms with van der Waals surface area (Å²) in [4.78, 5) is 0. The molecule has 0 bridgehead atoms. The molecule has 0 aliphatic rings. The molecule has 0 saturated carbocycles. The number of nitrogens with zero attached hydrogens (tertiary/aromatic N) is 1. The molecule has 2 aromatic rings. The minimum atomic E-state index is 0.196. The molecule has 1 aromatic heterocycles. The molecule has 1 aromatic carbocycles. The molecule has 0 aliphatic carbocycles. The standard InChI is InChI=1S/C15H21ClN2/c1-15(2,3)17-9-5-10-18-11-8-12-13(16)6-4-7-14(12)18/h4,6-8,11,17H,5,9-10H2,1-3H3. The molecule has 0 radical (unpaired) electrons. The molecular formula is C15H21ClN2. The smallest absolute Gasteiger partial charge is 0.0499 e. The van der Waals surface area contributed by atoms with E-state index in [1.165, 1.54) is 5.52 Å². The summed E-state index contributed by atoms with van der Waals surface area (Å²) in [6.45, 7) is 8.63. The van der Waals surface area contributed by atoms with E-state index in [2.05, 4.69) is 49.0 Å². The Morgan fingerprint density at radius 2 is 2.00 bits per heavy atom. The van der Waals surface area contributed by atoms with Crippen molar-refractivity contribution in [1.82, 2.24) is 9.88 Å². The van der Waals surface area contributed by atoms with Gasteiger partial charge in [-0.25, -0.2) is 0 Å². The van der Waals surface area contributed by atoms with Crippen LogP contribution in [0.25, 0.3) is 10.9 Å². The van der Waals surface area contributed by atoms with E-state index in [9.17, 15) is 0 Å². The summed E-state index contributed by atoms with van der Waals surface area (Å²) >= 11 is 6.17. The van der Waals surface area contributed by atoms with E-state index in [1.807, 2.05) is 12.1 Å². The Balaban J connectivity index is 1.98. The van der Waals surface area contributed by atoms with Gasteiger partial charge in [-0.2, -0.15) is 0 Å². The molecule has 98 valence electrons. The zero-order valence-electron chi connectivity index (χ0n) is 11.3. The summed E-state index contributed by atoms with van der Waals surface area (Å²) in [5.41, 5.74) is 1.42. The average Bonchev–Trinajstić information content (AvgIpc) is 2.68. The molecule has 0 fully saturated rings. The fourth-order valence-electron chi connectivity index (χ4n) is 2.09. The fraction of sp³-hybridized carbons (Fsp3) is 0.467. The van der Waals surface area contributed by atoms with Crippen LogP contribution in [0.3, 0.4) is 0 Å². The van der Waals surface area contributed by atoms with Gasteiger partial charge in [-0.1, -0.05) is 17.7 Å². The number of rotatable bonds is 4. The molecule has 0 spiro atoms. The lowest BCUT2D eigenvalue weighted by Crippen LogP contribution is -2.36. The largest absolute Gasteiger partial charge is 0.347 e. The molecule has 0 atom stereocenters. The van der Waals surface area contributed by atoms with Crippen LogP contribution in [0.15, 0.2) is 30.5 Å². The van der Waals surface area contributed by atoms with Crippen molar-refractivity contribution in [3.8, 4) is 0 Å². The molecular weight excluding hydrogens is 244 g/mol. The first-order valence-electron chi connectivity index (χ1n) is 6.46. The van der Waals surface area contributed by atoms with Crippen LogP contribution >= 0.6 is 11.6 Å². The number of hydrogen-bond acceptors (Lipinski definition) is 1. The Bertz CT molecular complexity index is 523. The third kappa shape index (κ3) is 3.27. The third-order valence-electron chi connectivity index (χ3n) is 2.99. The van der Waals surface area contributed by atoms with Crippen molar-refractivity contribution in [2.24, 2.45) is 0 Å². The Kier molecular flexibility index (Phi) is 3.98. The van der Waals surface area contributed by atoms with Crippen LogP contribution < -0.4 is 5.32 Å². The molecule has 3 heteroatoms. The van der Waals surface area contributed by atoms with E-state index in [0.717, 1.165) is 29.9 Å². The van der Waals surface area contributed by atoms with Gasteiger partial charge in [0.15, 0.2) is 0 Å². The maximum atomic E-state index is 6.17. The molecule has 2 nitrogen and oxygen atoms in total. The second-order valence-corrected chi connectivity index (χ2v) is 6.12. The summed E-state index contributed by atoms with van der Waals surface area (Å²) in [7, 11) is 0. The number of halogens is 1. The van der Waals surface area contributed by atoms with Crippen molar-refractivity contribution in [2.75, 3.05) is 6.54 Å². The minimum Gasteiger partial charge on any atom is -0.347 e. The van der Waals surface area contributed by atoms with Crippen molar-refractivity contribution in [3.05, 3.63) is 35.5 Å². The highest BCUT2D eigenvalue weighted by Gasteiger charge is 2.08. The lowest BCUT2D eigenvalue weighted by molar-refractivity contribution is 0.414. The molecule has 1 N–H and O–H groups in total. The molecule has 0 unspecified atom stereocenters. The molecule has 2 rings (SSSR count).